The molecule has 4 aliphatic carbocycles. The molecule has 0 amide bonds. The van der Waals surface area contributed by atoms with Gasteiger partial charge in [0.2, 0.25) is 0 Å². The monoisotopic (exact) mass is 802 g/mol. The van der Waals surface area contributed by atoms with E-state index in [1.54, 1.807) is 19.9 Å². The Hall–Kier alpha value is -0.860. The van der Waals surface area contributed by atoms with Crippen molar-refractivity contribution in [3.63, 3.8) is 0 Å². The molecule has 6 fully saturated rings. The van der Waals surface area contributed by atoms with Crippen LogP contribution in [0.4, 0.5) is 0 Å². The maximum Gasteiger partial charge on any atom is 0.187 e. The van der Waals surface area contributed by atoms with Gasteiger partial charge in [-0.2, -0.15) is 0 Å². The zero-order valence-corrected chi connectivity index (χ0v) is 34.3. The van der Waals surface area contributed by atoms with Crippen LogP contribution in [0.5, 0.6) is 0 Å². The summed E-state index contributed by atoms with van der Waals surface area (Å²) in [5.74, 6) is -0.340. The number of fused-ring (bicyclic) bond motifs is 5. The molecule has 0 spiro atoms. The highest BCUT2D eigenvalue weighted by Gasteiger charge is 2.72. The number of aliphatic hydroxyl groups excluding tert-OH is 9. The van der Waals surface area contributed by atoms with Crippen molar-refractivity contribution in [1.29, 1.82) is 0 Å². The van der Waals surface area contributed by atoms with E-state index < -0.39 is 96.8 Å². The molecule has 2 aliphatic heterocycles. The highest BCUT2D eigenvalue weighted by molar-refractivity contribution is 5.21. The minimum absolute atomic E-state index is 0.0664. The molecule has 6 aliphatic rings. The van der Waals surface area contributed by atoms with Gasteiger partial charge in [0, 0.05) is 0 Å². The zero-order valence-electron chi connectivity index (χ0n) is 34.3. The van der Waals surface area contributed by atoms with Crippen LogP contribution in [0.1, 0.15) is 100 Å². The van der Waals surface area contributed by atoms with Crippen LogP contribution in [-0.4, -0.2) is 149 Å². The maximum atomic E-state index is 12.4. The summed E-state index contributed by atoms with van der Waals surface area (Å²) in [7, 11) is 0. The van der Waals surface area contributed by atoms with Crippen LogP contribution >= 0.6 is 0 Å². The van der Waals surface area contributed by atoms with Gasteiger partial charge in [0.1, 0.15) is 48.3 Å². The van der Waals surface area contributed by atoms with Crippen LogP contribution in [0, 0.1) is 45.3 Å². The lowest BCUT2D eigenvalue weighted by Gasteiger charge is -2.71. The second kappa shape index (κ2) is 15.6. The van der Waals surface area contributed by atoms with Gasteiger partial charge >= 0.3 is 0 Å². The van der Waals surface area contributed by atoms with Crippen molar-refractivity contribution < 1.29 is 75.1 Å². The Kier molecular flexibility index (Phi) is 12.4. The fourth-order valence-electron chi connectivity index (χ4n) is 13.0. The normalized spacial score (nSPS) is 51.9. The molecule has 6 rings (SSSR count). The summed E-state index contributed by atoms with van der Waals surface area (Å²) in [6, 6.07) is 0. The van der Waals surface area contributed by atoms with E-state index in [-0.39, 0.29) is 52.9 Å². The lowest BCUT2D eigenvalue weighted by atomic mass is 9.35. The second-order valence-corrected chi connectivity index (χ2v) is 20.3. The summed E-state index contributed by atoms with van der Waals surface area (Å²) in [6.45, 7) is 15.5. The lowest BCUT2D eigenvalue weighted by molar-refractivity contribution is -0.345. The molecule has 0 unspecified atom stereocenters. The summed E-state index contributed by atoms with van der Waals surface area (Å²) in [6.07, 6.45) is -8.12. The van der Waals surface area contributed by atoms with Crippen molar-refractivity contribution in [3.05, 3.63) is 12.2 Å². The molecule has 15 nitrogen and oxygen atoms in total. The fraction of sp³-hybridized carbons (Fsp3) is 0.951. The van der Waals surface area contributed by atoms with E-state index in [4.69, 9.17) is 18.9 Å². The van der Waals surface area contributed by atoms with E-state index in [1.807, 2.05) is 13.0 Å². The van der Waals surface area contributed by atoms with Crippen molar-refractivity contribution in [3.8, 4) is 0 Å². The summed E-state index contributed by atoms with van der Waals surface area (Å²) in [5.41, 5.74) is -3.63. The quantitative estimate of drug-likeness (QED) is 0.0848. The van der Waals surface area contributed by atoms with Crippen LogP contribution in [0.15, 0.2) is 12.2 Å². The first-order valence-electron chi connectivity index (χ1n) is 20.6. The predicted molar refractivity (Wildman–Crippen MR) is 199 cm³/mol. The Labute approximate surface area is 330 Å². The lowest BCUT2D eigenvalue weighted by Crippen LogP contribution is -2.68. The van der Waals surface area contributed by atoms with E-state index in [2.05, 4.69) is 39.5 Å². The Morgan fingerprint density at radius 2 is 1.38 bits per heavy atom. The molecule has 10 N–H and O–H groups in total. The third kappa shape index (κ3) is 7.25. The number of ether oxygens (including phenoxy) is 4. The molecule has 4 saturated carbocycles. The molecular formula is C41H70O15. The van der Waals surface area contributed by atoms with Crippen LogP contribution < -0.4 is 0 Å². The number of rotatable bonds is 10. The van der Waals surface area contributed by atoms with Gasteiger partial charge < -0.3 is 64.9 Å². The highest BCUT2D eigenvalue weighted by atomic mass is 17.1. The second-order valence-electron chi connectivity index (χ2n) is 20.3. The molecule has 0 aromatic heterocycles. The van der Waals surface area contributed by atoms with Gasteiger partial charge in [-0.3, -0.25) is 5.26 Å². The maximum absolute atomic E-state index is 12.4. The Balaban J connectivity index is 1.29. The van der Waals surface area contributed by atoms with E-state index in [0.717, 1.165) is 19.3 Å². The largest absolute Gasteiger partial charge is 0.393 e. The minimum Gasteiger partial charge on any atom is -0.393 e. The molecule has 324 valence electrons. The van der Waals surface area contributed by atoms with Gasteiger partial charge in [-0.1, -0.05) is 46.8 Å². The zero-order chi connectivity index (χ0) is 41.6. The number of aliphatic hydroxyl groups is 9. The SMILES string of the molecule is CC(C)(/C=C/C[C@@](C)(O[C@@H]1O[C@H](CO[C@@H]2OC[C@@H](O)[C@H](O)[C@H]2O)[C@@H](O)[C@H](O)[C@H]1O)[C@H]1CC[C@]2(C)[C@@H]1[C@H](O)C[C@@H]1[C@@]3(C)C[C@@H](O)[C@H](O)C(C)(C)[C@@H]3CC[C@]12C)OO. The van der Waals surface area contributed by atoms with Crippen molar-refractivity contribution >= 4 is 0 Å². The summed E-state index contributed by atoms with van der Waals surface area (Å²) < 4.78 is 23.9. The van der Waals surface area contributed by atoms with E-state index in [1.165, 1.54) is 0 Å². The van der Waals surface area contributed by atoms with Crippen molar-refractivity contribution in [2.45, 2.75) is 185 Å². The molecular weight excluding hydrogens is 732 g/mol. The smallest absolute Gasteiger partial charge is 0.187 e. The average molecular weight is 803 g/mol. The molecule has 0 aromatic rings. The molecule has 2 saturated heterocycles. The van der Waals surface area contributed by atoms with E-state index in [0.29, 0.717) is 19.3 Å². The summed E-state index contributed by atoms with van der Waals surface area (Å²) >= 11 is 0. The molecule has 2 heterocycles. The first-order valence-corrected chi connectivity index (χ1v) is 20.6. The predicted octanol–water partition coefficient (Wildman–Crippen LogP) is 1.23. The third-order valence-electron chi connectivity index (χ3n) is 16.3. The van der Waals surface area contributed by atoms with Gasteiger partial charge in [-0.15, -0.1) is 0 Å². The summed E-state index contributed by atoms with van der Waals surface area (Å²) in [4.78, 5) is 4.66. The standard InChI is InChI=1S/C41H70O15/c1-36(2,56-51)12-9-13-41(8,55-35-32(49)30(47)29(46)24(54-35)19-53-34-31(48)28(45)23(44)18-52-34)20-10-14-40(7)27(20)21(42)16-26-38(5)17-22(43)33(50)37(3,4)25(38)11-15-39(26,40)6/h9,12,20-35,42-51H,10-11,13-19H2,1-8H3/b12-9+/t20-,21+,22+,23+,24+,25-,26+,27-,28-,29+,30-,31+,32+,33-,34-,35-,38-,39+,40+,41+/m0/s1. The van der Waals surface area contributed by atoms with E-state index in [9.17, 15) is 51.2 Å². The molecule has 20 atom stereocenters. The van der Waals surface area contributed by atoms with Crippen LogP contribution in [0.2, 0.25) is 0 Å². The Bertz CT molecular complexity index is 1410. The molecule has 0 radical (unpaired) electrons. The highest BCUT2D eigenvalue weighted by Crippen LogP contribution is 2.76. The van der Waals surface area contributed by atoms with Gasteiger partial charge in [0.15, 0.2) is 12.6 Å². The summed E-state index contributed by atoms with van der Waals surface area (Å²) in [5, 5.41) is 108. The number of hydrogen-bond acceptors (Lipinski definition) is 15. The van der Waals surface area contributed by atoms with Gasteiger partial charge in [-0.25, -0.2) is 4.89 Å². The van der Waals surface area contributed by atoms with Crippen molar-refractivity contribution in [1.82, 2.24) is 0 Å². The Morgan fingerprint density at radius 1 is 0.732 bits per heavy atom. The first-order chi connectivity index (χ1) is 25.9. The van der Waals surface area contributed by atoms with Crippen LogP contribution in [0.3, 0.4) is 0 Å². The van der Waals surface area contributed by atoms with E-state index >= 15 is 0 Å². The van der Waals surface area contributed by atoms with Gasteiger partial charge in [-0.05, 0) is 111 Å². The minimum atomic E-state index is -1.72. The molecule has 56 heavy (non-hydrogen) atoms. The average Bonchev–Trinajstić information content (AvgIpc) is 3.51. The van der Waals surface area contributed by atoms with Gasteiger partial charge in [0.05, 0.1) is 37.1 Å². The van der Waals surface area contributed by atoms with Crippen molar-refractivity contribution in [2.75, 3.05) is 13.2 Å². The van der Waals surface area contributed by atoms with Gasteiger partial charge in [0.25, 0.3) is 0 Å². The molecule has 15 heteroatoms. The molecule has 0 aromatic carbocycles. The first kappa shape index (κ1) is 44.7. The van der Waals surface area contributed by atoms with Crippen molar-refractivity contribution in [2.24, 2.45) is 45.3 Å². The van der Waals surface area contributed by atoms with Crippen LogP contribution in [0.25, 0.3) is 0 Å². The topological polar surface area (TPSA) is 248 Å². The fourth-order valence-corrected chi connectivity index (χ4v) is 13.0. The van der Waals surface area contributed by atoms with Crippen LogP contribution in [-0.2, 0) is 23.8 Å². The number of hydrogen-bond donors (Lipinski definition) is 10. The Morgan fingerprint density at radius 3 is 2.04 bits per heavy atom. The third-order valence-corrected chi connectivity index (χ3v) is 16.3. The molecule has 0 bridgehead atoms.